The van der Waals surface area contributed by atoms with Gasteiger partial charge in [-0.25, -0.2) is 27.5 Å². The summed E-state index contributed by atoms with van der Waals surface area (Å²) in [6.45, 7) is -0.742. The van der Waals surface area contributed by atoms with Crippen molar-refractivity contribution in [2.75, 3.05) is 12.3 Å². The summed E-state index contributed by atoms with van der Waals surface area (Å²) in [6.07, 6.45) is 0.177. The van der Waals surface area contributed by atoms with Crippen LogP contribution in [-0.4, -0.2) is 27.4 Å². The fraction of sp³-hybridized carbons (Fsp3) is 0.143. The highest BCUT2D eigenvalue weighted by atomic mass is 19.3. The second-order valence-corrected chi connectivity index (χ2v) is 4.62. The van der Waals surface area contributed by atoms with E-state index in [1.54, 1.807) is 0 Å². The Kier molecular flexibility index (Phi) is 3.77. The van der Waals surface area contributed by atoms with E-state index in [4.69, 9.17) is 10.5 Å². The summed E-state index contributed by atoms with van der Waals surface area (Å²) in [4.78, 5) is 7.71. The van der Waals surface area contributed by atoms with Crippen LogP contribution in [0.15, 0.2) is 30.6 Å². The molecule has 0 saturated heterocycles. The molecule has 0 aromatic carbocycles. The number of nitrogens with two attached hydrogens (primary N) is 1. The molecule has 0 radical (unpaired) electrons. The summed E-state index contributed by atoms with van der Waals surface area (Å²) >= 11 is 0. The van der Waals surface area contributed by atoms with Crippen LogP contribution in [0.25, 0.3) is 17.0 Å². The molecule has 3 aromatic rings. The van der Waals surface area contributed by atoms with Crippen LogP contribution in [0.3, 0.4) is 0 Å². The van der Waals surface area contributed by atoms with Crippen molar-refractivity contribution in [1.82, 2.24) is 14.4 Å². The van der Waals surface area contributed by atoms with Gasteiger partial charge < -0.3 is 10.5 Å². The molecule has 3 rings (SSSR count). The van der Waals surface area contributed by atoms with Gasteiger partial charge in [0, 0.05) is 18.3 Å². The van der Waals surface area contributed by atoms with E-state index in [1.165, 1.54) is 28.9 Å². The van der Waals surface area contributed by atoms with Gasteiger partial charge in [-0.1, -0.05) is 0 Å². The Morgan fingerprint density at radius 2 is 2.00 bits per heavy atom. The van der Waals surface area contributed by atoms with Crippen molar-refractivity contribution in [1.29, 1.82) is 0 Å². The van der Waals surface area contributed by atoms with Crippen LogP contribution in [0.5, 0.6) is 5.75 Å². The third-order valence-electron chi connectivity index (χ3n) is 3.06. The number of nitrogen functional groups attached to an aromatic ring is 1. The number of anilines is 1. The van der Waals surface area contributed by atoms with Gasteiger partial charge in [0.05, 0.1) is 11.9 Å². The maximum Gasteiger partial charge on any atom is 0.272 e. The number of rotatable bonds is 4. The lowest BCUT2D eigenvalue weighted by Gasteiger charge is -2.07. The minimum absolute atomic E-state index is 0.169. The van der Waals surface area contributed by atoms with Gasteiger partial charge in [0.15, 0.2) is 17.5 Å². The summed E-state index contributed by atoms with van der Waals surface area (Å²) in [7, 11) is 0. The summed E-state index contributed by atoms with van der Waals surface area (Å²) in [5, 5.41) is 0. The number of nitrogens with zero attached hydrogens (tertiary/aromatic N) is 3. The van der Waals surface area contributed by atoms with E-state index in [0.717, 1.165) is 0 Å². The standard InChI is InChI=1S/C14H10F4N4O/c15-8-4-9(16)14(19)21-13(8)10-5-20-12-3-7(1-2-22(10)12)23-6-11(17)18/h1-5,11H,6H2,(H2,19,21). The topological polar surface area (TPSA) is 65.4 Å². The molecule has 0 aliphatic carbocycles. The molecule has 0 aliphatic rings. The molecule has 23 heavy (non-hydrogen) atoms. The first-order chi connectivity index (χ1) is 11.0. The molecule has 3 heterocycles. The van der Waals surface area contributed by atoms with Crippen molar-refractivity contribution in [3.05, 3.63) is 42.2 Å². The van der Waals surface area contributed by atoms with E-state index < -0.39 is 30.5 Å². The van der Waals surface area contributed by atoms with Crippen LogP contribution in [0.2, 0.25) is 0 Å². The van der Waals surface area contributed by atoms with Gasteiger partial charge in [0.1, 0.15) is 23.7 Å². The highest BCUT2D eigenvalue weighted by molar-refractivity contribution is 5.63. The highest BCUT2D eigenvalue weighted by Gasteiger charge is 2.16. The maximum absolute atomic E-state index is 13.9. The lowest BCUT2D eigenvalue weighted by atomic mass is 10.2. The SMILES string of the molecule is Nc1nc(-c2cnc3cc(OCC(F)F)ccn23)c(F)cc1F. The smallest absolute Gasteiger partial charge is 0.272 e. The number of halogens is 4. The fourth-order valence-electron chi connectivity index (χ4n) is 2.05. The van der Waals surface area contributed by atoms with Crippen molar-refractivity contribution < 1.29 is 22.3 Å². The minimum Gasteiger partial charge on any atom is -0.487 e. The van der Waals surface area contributed by atoms with Crippen molar-refractivity contribution in [3.8, 4) is 17.1 Å². The lowest BCUT2D eigenvalue weighted by molar-refractivity contribution is 0.0819. The maximum atomic E-state index is 13.9. The van der Waals surface area contributed by atoms with Crippen molar-refractivity contribution in [2.24, 2.45) is 0 Å². The summed E-state index contributed by atoms with van der Waals surface area (Å²) in [6, 6.07) is 3.47. The fourth-order valence-corrected chi connectivity index (χ4v) is 2.05. The quantitative estimate of drug-likeness (QED) is 0.749. The second-order valence-electron chi connectivity index (χ2n) is 4.62. The largest absolute Gasteiger partial charge is 0.487 e. The zero-order valence-electron chi connectivity index (χ0n) is 11.5. The van der Waals surface area contributed by atoms with E-state index in [9.17, 15) is 17.6 Å². The molecule has 3 aromatic heterocycles. The van der Waals surface area contributed by atoms with E-state index >= 15 is 0 Å². The highest BCUT2D eigenvalue weighted by Crippen LogP contribution is 2.26. The molecular weight excluding hydrogens is 316 g/mol. The van der Waals surface area contributed by atoms with Crippen LogP contribution < -0.4 is 10.5 Å². The predicted octanol–water partition coefficient (Wildman–Crippen LogP) is 2.90. The Balaban J connectivity index is 2.02. The molecule has 0 saturated carbocycles. The number of pyridine rings is 2. The lowest BCUT2D eigenvalue weighted by Crippen LogP contribution is -2.07. The average Bonchev–Trinajstić information content (AvgIpc) is 2.92. The predicted molar refractivity (Wildman–Crippen MR) is 74.3 cm³/mol. The number of imidazole rings is 1. The van der Waals surface area contributed by atoms with Gasteiger partial charge in [-0.3, -0.25) is 4.40 Å². The van der Waals surface area contributed by atoms with Crippen LogP contribution in [0.4, 0.5) is 23.4 Å². The van der Waals surface area contributed by atoms with E-state index in [1.807, 2.05) is 0 Å². The third-order valence-corrected chi connectivity index (χ3v) is 3.06. The van der Waals surface area contributed by atoms with E-state index in [0.29, 0.717) is 11.7 Å². The second kappa shape index (κ2) is 5.75. The summed E-state index contributed by atoms with van der Waals surface area (Å²) in [5.74, 6) is -2.09. The Morgan fingerprint density at radius 3 is 2.74 bits per heavy atom. The van der Waals surface area contributed by atoms with Crippen LogP contribution >= 0.6 is 0 Å². The number of hydrogen-bond donors (Lipinski definition) is 1. The molecule has 0 fully saturated rings. The normalized spacial score (nSPS) is 11.3. The number of ether oxygens (including phenoxy) is 1. The molecule has 5 nitrogen and oxygen atoms in total. The monoisotopic (exact) mass is 326 g/mol. The van der Waals surface area contributed by atoms with Crippen molar-refractivity contribution in [3.63, 3.8) is 0 Å². The molecule has 0 atom stereocenters. The first-order valence-electron chi connectivity index (χ1n) is 6.45. The first-order valence-corrected chi connectivity index (χ1v) is 6.45. The Labute approximate surface area is 127 Å². The van der Waals surface area contributed by atoms with Crippen molar-refractivity contribution >= 4 is 11.5 Å². The van der Waals surface area contributed by atoms with Crippen LogP contribution in [0, 0.1) is 11.6 Å². The third kappa shape index (κ3) is 2.89. The zero-order valence-corrected chi connectivity index (χ0v) is 11.5. The summed E-state index contributed by atoms with van der Waals surface area (Å²) in [5.41, 5.74) is 5.76. The minimum atomic E-state index is -2.60. The van der Waals surface area contributed by atoms with Gasteiger partial charge in [0.25, 0.3) is 6.43 Å². The first kappa shape index (κ1) is 15.1. The average molecular weight is 326 g/mol. The van der Waals surface area contributed by atoms with E-state index in [2.05, 4.69) is 9.97 Å². The molecular formula is C14H10F4N4O. The number of fused-ring (bicyclic) bond motifs is 1. The van der Waals surface area contributed by atoms with Gasteiger partial charge in [-0.15, -0.1) is 0 Å². The van der Waals surface area contributed by atoms with Gasteiger partial charge >= 0.3 is 0 Å². The molecule has 9 heteroatoms. The van der Waals surface area contributed by atoms with Gasteiger partial charge in [0.2, 0.25) is 0 Å². The molecule has 120 valence electrons. The molecule has 0 unspecified atom stereocenters. The summed E-state index contributed by atoms with van der Waals surface area (Å²) < 4.78 is 57.7. The number of alkyl halides is 2. The number of aromatic nitrogens is 3. The van der Waals surface area contributed by atoms with Crippen molar-refractivity contribution in [2.45, 2.75) is 6.43 Å². The number of hydrogen-bond acceptors (Lipinski definition) is 4. The molecule has 0 amide bonds. The molecule has 2 N–H and O–H groups in total. The Hall–Kier alpha value is -2.84. The molecule has 0 aliphatic heterocycles. The Bertz CT molecular complexity index is 865. The van der Waals surface area contributed by atoms with Crippen LogP contribution in [-0.2, 0) is 0 Å². The van der Waals surface area contributed by atoms with Gasteiger partial charge in [-0.05, 0) is 6.07 Å². The zero-order chi connectivity index (χ0) is 16.6. The molecule has 0 spiro atoms. The van der Waals surface area contributed by atoms with Gasteiger partial charge in [-0.2, -0.15) is 0 Å². The van der Waals surface area contributed by atoms with Crippen LogP contribution in [0.1, 0.15) is 0 Å². The molecule has 0 bridgehead atoms. The van der Waals surface area contributed by atoms with E-state index in [-0.39, 0.29) is 17.1 Å². The Morgan fingerprint density at radius 1 is 1.22 bits per heavy atom.